The Morgan fingerprint density at radius 1 is 1.67 bits per heavy atom. The lowest BCUT2D eigenvalue weighted by molar-refractivity contribution is 0.0602. The van der Waals surface area contributed by atoms with Crippen LogP contribution in [0.4, 0.5) is 11.5 Å². The van der Waals surface area contributed by atoms with Crippen molar-refractivity contribution in [3.05, 3.63) is 17.8 Å². The molecule has 0 saturated carbocycles. The zero-order valence-corrected chi connectivity index (χ0v) is 10.3. The smallest absolute Gasteiger partial charge is 0.340 e. The highest BCUT2D eigenvalue weighted by Gasteiger charge is 2.23. The van der Waals surface area contributed by atoms with E-state index in [2.05, 4.69) is 9.72 Å². The van der Waals surface area contributed by atoms with Crippen molar-refractivity contribution in [1.82, 2.24) is 4.98 Å². The van der Waals surface area contributed by atoms with Gasteiger partial charge in [0.05, 0.1) is 24.5 Å². The van der Waals surface area contributed by atoms with E-state index in [4.69, 9.17) is 5.73 Å². The molecule has 1 aliphatic rings. The number of piperidine rings is 1. The number of carbonyl (C=O) groups is 1. The maximum atomic E-state index is 11.5. The van der Waals surface area contributed by atoms with Crippen molar-refractivity contribution in [3.63, 3.8) is 0 Å². The fourth-order valence-electron chi connectivity index (χ4n) is 2.15. The van der Waals surface area contributed by atoms with Crippen LogP contribution in [0, 0.1) is 0 Å². The number of rotatable bonds is 2. The van der Waals surface area contributed by atoms with Gasteiger partial charge in [-0.2, -0.15) is 0 Å². The number of esters is 1. The van der Waals surface area contributed by atoms with Crippen molar-refractivity contribution in [1.29, 1.82) is 0 Å². The fourth-order valence-corrected chi connectivity index (χ4v) is 2.15. The molecule has 0 aromatic carbocycles. The summed E-state index contributed by atoms with van der Waals surface area (Å²) in [6, 6.07) is 1.53. The lowest BCUT2D eigenvalue weighted by atomic mass is 10.1. The Morgan fingerprint density at radius 3 is 3.11 bits per heavy atom. The number of nitrogens with two attached hydrogens (primary N) is 1. The minimum atomic E-state index is -0.478. The molecule has 6 heteroatoms. The molecule has 1 aromatic rings. The Labute approximate surface area is 105 Å². The molecule has 0 aliphatic carbocycles. The van der Waals surface area contributed by atoms with Gasteiger partial charge in [-0.3, -0.25) is 0 Å². The van der Waals surface area contributed by atoms with Gasteiger partial charge < -0.3 is 20.5 Å². The normalized spacial score (nSPS) is 19.7. The Morgan fingerprint density at radius 2 is 2.44 bits per heavy atom. The molecule has 1 unspecified atom stereocenters. The Hall–Kier alpha value is -1.82. The predicted molar refractivity (Wildman–Crippen MR) is 67.4 cm³/mol. The molecule has 0 spiro atoms. The second-order valence-electron chi connectivity index (χ2n) is 4.33. The molecule has 1 aliphatic heterocycles. The largest absolute Gasteiger partial charge is 0.465 e. The molecule has 0 bridgehead atoms. The van der Waals surface area contributed by atoms with Gasteiger partial charge in [0.1, 0.15) is 0 Å². The van der Waals surface area contributed by atoms with Gasteiger partial charge in [0.15, 0.2) is 5.82 Å². The number of pyridine rings is 1. The number of carbonyl (C=O) groups excluding carboxylic acids is 1. The van der Waals surface area contributed by atoms with Gasteiger partial charge in [0, 0.05) is 19.3 Å². The third-order valence-corrected chi connectivity index (χ3v) is 3.07. The Kier molecular flexibility index (Phi) is 3.66. The second-order valence-corrected chi connectivity index (χ2v) is 4.33. The van der Waals surface area contributed by atoms with Crippen LogP contribution in [-0.4, -0.2) is 42.4 Å². The van der Waals surface area contributed by atoms with Crippen LogP contribution in [0.2, 0.25) is 0 Å². The van der Waals surface area contributed by atoms with Crippen molar-refractivity contribution >= 4 is 17.5 Å². The van der Waals surface area contributed by atoms with E-state index in [1.807, 2.05) is 4.90 Å². The highest BCUT2D eigenvalue weighted by molar-refractivity contribution is 5.97. The first-order valence-electron chi connectivity index (χ1n) is 5.89. The number of aliphatic hydroxyl groups is 1. The Bertz CT molecular complexity index is 450. The third-order valence-electron chi connectivity index (χ3n) is 3.07. The summed E-state index contributed by atoms with van der Waals surface area (Å²) in [5.41, 5.74) is 6.56. The molecule has 0 amide bonds. The second kappa shape index (κ2) is 5.22. The minimum Gasteiger partial charge on any atom is -0.465 e. The molecular formula is C12H17N3O3. The maximum Gasteiger partial charge on any atom is 0.340 e. The lowest BCUT2D eigenvalue weighted by Crippen LogP contribution is -2.39. The highest BCUT2D eigenvalue weighted by Crippen LogP contribution is 2.27. The molecule has 98 valence electrons. The first-order chi connectivity index (χ1) is 8.63. The topological polar surface area (TPSA) is 88.7 Å². The van der Waals surface area contributed by atoms with Crippen LogP contribution < -0.4 is 10.6 Å². The van der Waals surface area contributed by atoms with Crippen molar-refractivity contribution in [2.45, 2.75) is 18.9 Å². The van der Waals surface area contributed by atoms with Gasteiger partial charge >= 0.3 is 5.97 Å². The minimum absolute atomic E-state index is 0.304. The van der Waals surface area contributed by atoms with Gasteiger partial charge in [-0.05, 0) is 18.9 Å². The van der Waals surface area contributed by atoms with Crippen LogP contribution in [0.25, 0.3) is 0 Å². The molecule has 2 heterocycles. The van der Waals surface area contributed by atoms with Crippen LogP contribution in [-0.2, 0) is 4.74 Å². The van der Waals surface area contributed by atoms with Crippen molar-refractivity contribution in [2.24, 2.45) is 0 Å². The van der Waals surface area contributed by atoms with Gasteiger partial charge in [-0.1, -0.05) is 0 Å². The van der Waals surface area contributed by atoms with E-state index in [-0.39, 0.29) is 6.10 Å². The van der Waals surface area contributed by atoms with E-state index < -0.39 is 5.97 Å². The van der Waals surface area contributed by atoms with Crippen LogP contribution in [0.5, 0.6) is 0 Å². The number of ether oxygens (including phenoxy) is 1. The summed E-state index contributed by atoms with van der Waals surface area (Å²) < 4.78 is 4.67. The zero-order valence-electron chi connectivity index (χ0n) is 10.3. The number of methoxy groups -OCH3 is 1. The van der Waals surface area contributed by atoms with E-state index >= 15 is 0 Å². The number of hydrogen-bond donors (Lipinski definition) is 2. The number of aromatic nitrogens is 1. The molecule has 1 saturated heterocycles. The SMILES string of the molecule is COC(=O)c1ccnc(N2CCCC(O)C2)c1N. The van der Waals surface area contributed by atoms with Crippen LogP contribution in [0.3, 0.4) is 0 Å². The molecule has 0 radical (unpaired) electrons. The average molecular weight is 251 g/mol. The number of anilines is 2. The van der Waals surface area contributed by atoms with Gasteiger partial charge in [-0.25, -0.2) is 9.78 Å². The van der Waals surface area contributed by atoms with E-state index in [0.717, 1.165) is 19.4 Å². The molecule has 18 heavy (non-hydrogen) atoms. The molecule has 2 rings (SSSR count). The average Bonchev–Trinajstić information content (AvgIpc) is 2.38. The van der Waals surface area contributed by atoms with Crippen molar-refractivity contribution in [2.75, 3.05) is 30.8 Å². The number of β-amino-alcohol motifs (C(OH)–C–C–N with tert-alkyl or cyclic N) is 1. The van der Waals surface area contributed by atoms with Crippen LogP contribution in [0.1, 0.15) is 23.2 Å². The third kappa shape index (κ3) is 2.38. The predicted octanol–water partition coefficient (Wildman–Crippen LogP) is 0.411. The molecular weight excluding hydrogens is 234 g/mol. The van der Waals surface area contributed by atoms with E-state index in [0.29, 0.717) is 23.6 Å². The first kappa shape index (κ1) is 12.6. The standard InChI is InChI=1S/C12H17N3O3/c1-18-12(17)9-4-5-14-11(10(9)13)15-6-2-3-8(16)7-15/h4-5,8,16H,2-3,6-7,13H2,1H3. The summed E-state index contributed by atoms with van der Waals surface area (Å²) in [5.74, 6) is 0.0605. The lowest BCUT2D eigenvalue weighted by Gasteiger charge is -2.31. The summed E-state index contributed by atoms with van der Waals surface area (Å²) in [5, 5.41) is 9.65. The summed E-state index contributed by atoms with van der Waals surface area (Å²) in [7, 11) is 1.31. The maximum absolute atomic E-state index is 11.5. The van der Waals surface area contributed by atoms with E-state index in [1.165, 1.54) is 19.4 Å². The molecule has 6 nitrogen and oxygen atoms in total. The summed E-state index contributed by atoms with van der Waals surface area (Å²) in [6.45, 7) is 1.26. The van der Waals surface area contributed by atoms with Gasteiger partial charge in [0.2, 0.25) is 0 Å². The van der Waals surface area contributed by atoms with E-state index in [1.54, 1.807) is 0 Å². The molecule has 1 atom stereocenters. The van der Waals surface area contributed by atoms with Crippen molar-refractivity contribution in [3.8, 4) is 0 Å². The summed E-state index contributed by atoms with van der Waals surface area (Å²) in [6.07, 6.45) is 2.82. The summed E-state index contributed by atoms with van der Waals surface area (Å²) in [4.78, 5) is 17.6. The fraction of sp³-hybridized carbons (Fsp3) is 0.500. The van der Waals surface area contributed by atoms with Crippen LogP contribution >= 0.6 is 0 Å². The number of aliphatic hydroxyl groups excluding tert-OH is 1. The van der Waals surface area contributed by atoms with Crippen molar-refractivity contribution < 1.29 is 14.6 Å². The number of nitrogen functional groups attached to an aromatic ring is 1. The highest BCUT2D eigenvalue weighted by atomic mass is 16.5. The summed E-state index contributed by atoms with van der Waals surface area (Å²) >= 11 is 0. The quantitative estimate of drug-likeness (QED) is 0.740. The van der Waals surface area contributed by atoms with Gasteiger partial charge in [-0.15, -0.1) is 0 Å². The van der Waals surface area contributed by atoms with Gasteiger partial charge in [0.25, 0.3) is 0 Å². The molecule has 1 fully saturated rings. The molecule has 3 N–H and O–H groups in total. The van der Waals surface area contributed by atoms with Crippen LogP contribution in [0.15, 0.2) is 12.3 Å². The number of nitrogens with zero attached hydrogens (tertiary/aromatic N) is 2. The Balaban J connectivity index is 2.30. The zero-order chi connectivity index (χ0) is 13.1. The molecule has 1 aromatic heterocycles. The first-order valence-corrected chi connectivity index (χ1v) is 5.89. The monoisotopic (exact) mass is 251 g/mol. The van der Waals surface area contributed by atoms with E-state index in [9.17, 15) is 9.90 Å². The number of hydrogen-bond acceptors (Lipinski definition) is 6.